The lowest BCUT2D eigenvalue weighted by Crippen LogP contribution is -2.27. The Bertz CT molecular complexity index is 776. The smallest absolute Gasteiger partial charge is 0.287 e. The second-order valence-corrected chi connectivity index (χ2v) is 4.65. The number of nitrogens with one attached hydrogen (secondary N) is 1. The number of hydrogen-bond donors (Lipinski definition) is 2. The van der Waals surface area contributed by atoms with Gasteiger partial charge in [-0.25, -0.2) is 0 Å². The van der Waals surface area contributed by atoms with Crippen LogP contribution in [0.2, 0.25) is 0 Å². The number of pyridine rings is 1. The Balaban J connectivity index is 1.79. The van der Waals surface area contributed by atoms with E-state index in [2.05, 4.69) is 15.5 Å². The number of aromatic nitrogens is 3. The van der Waals surface area contributed by atoms with E-state index in [-0.39, 0.29) is 24.3 Å². The molecule has 0 fully saturated rings. The number of nitrogens with two attached hydrogens (primary N) is 1. The monoisotopic (exact) mass is 285 g/mol. The molecule has 0 radical (unpaired) electrons. The molecule has 7 heteroatoms. The molecule has 0 saturated carbocycles. The summed E-state index contributed by atoms with van der Waals surface area (Å²) in [6.07, 6.45) is 1.85. The molecule has 1 amide bonds. The topological polar surface area (TPSA) is 98.5 Å². The van der Waals surface area contributed by atoms with Crippen LogP contribution in [0.3, 0.4) is 0 Å². The summed E-state index contributed by atoms with van der Waals surface area (Å²) in [6, 6.07) is 8.60. The van der Waals surface area contributed by atoms with Crippen LogP contribution in [0.15, 0.2) is 40.9 Å². The van der Waals surface area contributed by atoms with E-state index < -0.39 is 0 Å². The van der Waals surface area contributed by atoms with E-state index in [0.717, 1.165) is 5.65 Å². The standard InChI is InChI=1S/C14H15N5O2/c1-9(13-18-17-12-4-2-3-7-19(12)13)16-14(20)11-6-5-10(8-15)21-11/h2-7,9H,8,15H2,1H3,(H,16,20). The fraction of sp³-hybridized carbons (Fsp3) is 0.214. The summed E-state index contributed by atoms with van der Waals surface area (Å²) in [4.78, 5) is 12.1. The van der Waals surface area contributed by atoms with Gasteiger partial charge in [0, 0.05) is 6.20 Å². The van der Waals surface area contributed by atoms with Crippen LogP contribution in [0.5, 0.6) is 0 Å². The minimum atomic E-state index is -0.310. The van der Waals surface area contributed by atoms with Crippen molar-refractivity contribution in [2.45, 2.75) is 19.5 Å². The second-order valence-electron chi connectivity index (χ2n) is 4.65. The van der Waals surface area contributed by atoms with Crippen LogP contribution < -0.4 is 11.1 Å². The molecule has 21 heavy (non-hydrogen) atoms. The number of hydrogen-bond acceptors (Lipinski definition) is 5. The minimum Gasteiger partial charge on any atom is -0.455 e. The number of amides is 1. The van der Waals surface area contributed by atoms with Gasteiger partial charge in [0.15, 0.2) is 17.2 Å². The molecular formula is C14H15N5O2. The Morgan fingerprint density at radius 3 is 3.00 bits per heavy atom. The molecule has 3 rings (SSSR count). The summed E-state index contributed by atoms with van der Waals surface area (Å²) in [5.74, 6) is 1.15. The lowest BCUT2D eigenvalue weighted by Gasteiger charge is -2.11. The van der Waals surface area contributed by atoms with Gasteiger partial charge in [-0.05, 0) is 31.2 Å². The number of carbonyl (C=O) groups excluding carboxylic acids is 1. The van der Waals surface area contributed by atoms with E-state index in [1.54, 1.807) is 12.1 Å². The maximum absolute atomic E-state index is 12.1. The van der Waals surface area contributed by atoms with Crippen LogP contribution in [0.25, 0.3) is 5.65 Å². The van der Waals surface area contributed by atoms with Gasteiger partial charge in [-0.1, -0.05) is 6.07 Å². The van der Waals surface area contributed by atoms with Gasteiger partial charge in [0.2, 0.25) is 0 Å². The molecule has 3 heterocycles. The Kier molecular flexibility index (Phi) is 3.41. The van der Waals surface area contributed by atoms with Crippen molar-refractivity contribution in [3.63, 3.8) is 0 Å². The van der Waals surface area contributed by atoms with Crippen LogP contribution in [0.1, 0.15) is 35.1 Å². The van der Waals surface area contributed by atoms with Gasteiger partial charge >= 0.3 is 0 Å². The Morgan fingerprint density at radius 2 is 2.24 bits per heavy atom. The van der Waals surface area contributed by atoms with Gasteiger partial charge in [-0.15, -0.1) is 10.2 Å². The lowest BCUT2D eigenvalue weighted by atomic mass is 10.3. The third-order valence-electron chi connectivity index (χ3n) is 3.16. The van der Waals surface area contributed by atoms with Crippen LogP contribution in [-0.2, 0) is 6.54 Å². The first-order valence-corrected chi connectivity index (χ1v) is 6.58. The van der Waals surface area contributed by atoms with Gasteiger partial charge in [-0.2, -0.15) is 0 Å². The molecule has 0 spiro atoms. The molecule has 0 saturated heterocycles. The van der Waals surface area contributed by atoms with E-state index in [9.17, 15) is 4.79 Å². The summed E-state index contributed by atoms with van der Waals surface area (Å²) >= 11 is 0. The molecule has 1 unspecified atom stereocenters. The van der Waals surface area contributed by atoms with E-state index in [4.69, 9.17) is 10.2 Å². The van der Waals surface area contributed by atoms with Gasteiger partial charge in [-0.3, -0.25) is 9.20 Å². The predicted molar refractivity (Wildman–Crippen MR) is 75.5 cm³/mol. The first-order valence-electron chi connectivity index (χ1n) is 6.58. The van der Waals surface area contributed by atoms with Gasteiger partial charge in [0.05, 0.1) is 12.6 Å². The van der Waals surface area contributed by atoms with Crippen LogP contribution in [-0.4, -0.2) is 20.5 Å². The molecule has 0 bridgehead atoms. The number of carbonyl (C=O) groups is 1. The number of rotatable bonds is 4. The lowest BCUT2D eigenvalue weighted by molar-refractivity contribution is 0.0908. The van der Waals surface area contributed by atoms with Crippen molar-refractivity contribution in [3.05, 3.63) is 53.9 Å². The first-order chi connectivity index (χ1) is 10.2. The van der Waals surface area contributed by atoms with Crippen molar-refractivity contribution in [1.29, 1.82) is 0 Å². The third-order valence-corrected chi connectivity index (χ3v) is 3.16. The fourth-order valence-electron chi connectivity index (χ4n) is 2.10. The highest BCUT2D eigenvalue weighted by atomic mass is 16.4. The van der Waals surface area contributed by atoms with E-state index in [0.29, 0.717) is 11.6 Å². The average molecular weight is 285 g/mol. The number of furan rings is 1. The largest absolute Gasteiger partial charge is 0.455 e. The summed E-state index contributed by atoms with van der Waals surface area (Å²) in [7, 11) is 0. The highest BCUT2D eigenvalue weighted by molar-refractivity contribution is 5.91. The maximum atomic E-state index is 12.1. The Morgan fingerprint density at radius 1 is 1.38 bits per heavy atom. The van der Waals surface area contributed by atoms with Crippen molar-refractivity contribution in [3.8, 4) is 0 Å². The zero-order valence-corrected chi connectivity index (χ0v) is 11.5. The van der Waals surface area contributed by atoms with Crippen LogP contribution in [0.4, 0.5) is 0 Å². The molecule has 0 aliphatic heterocycles. The third kappa shape index (κ3) is 2.50. The molecule has 3 aromatic rings. The van der Waals surface area contributed by atoms with Crippen molar-refractivity contribution >= 4 is 11.6 Å². The zero-order chi connectivity index (χ0) is 14.8. The van der Waals surface area contributed by atoms with E-state index in [1.807, 2.05) is 35.7 Å². The normalized spacial score (nSPS) is 12.5. The van der Waals surface area contributed by atoms with E-state index >= 15 is 0 Å². The number of fused-ring (bicyclic) bond motifs is 1. The van der Waals surface area contributed by atoms with Crippen LogP contribution >= 0.6 is 0 Å². The summed E-state index contributed by atoms with van der Waals surface area (Å²) in [5.41, 5.74) is 6.19. The minimum absolute atomic E-state index is 0.233. The quantitative estimate of drug-likeness (QED) is 0.752. The van der Waals surface area contributed by atoms with Gasteiger partial charge in [0.25, 0.3) is 5.91 Å². The van der Waals surface area contributed by atoms with Crippen molar-refractivity contribution in [2.75, 3.05) is 0 Å². The van der Waals surface area contributed by atoms with Crippen molar-refractivity contribution < 1.29 is 9.21 Å². The summed E-state index contributed by atoms with van der Waals surface area (Å²) < 4.78 is 7.15. The SMILES string of the molecule is CC(NC(=O)c1ccc(CN)o1)c1nnc2ccccn12. The average Bonchev–Trinajstić information content (AvgIpc) is 3.14. The summed E-state index contributed by atoms with van der Waals surface area (Å²) in [6.45, 7) is 2.10. The molecule has 108 valence electrons. The van der Waals surface area contributed by atoms with Crippen molar-refractivity contribution in [2.24, 2.45) is 5.73 Å². The predicted octanol–water partition coefficient (Wildman–Crippen LogP) is 1.27. The Labute approximate surface area is 120 Å². The molecular weight excluding hydrogens is 270 g/mol. The molecule has 0 aliphatic carbocycles. The summed E-state index contributed by atoms with van der Waals surface area (Å²) in [5, 5.41) is 11.0. The molecule has 1 atom stereocenters. The Hall–Kier alpha value is -2.67. The highest BCUT2D eigenvalue weighted by Crippen LogP contribution is 2.13. The van der Waals surface area contributed by atoms with E-state index in [1.165, 1.54) is 0 Å². The molecule has 3 N–H and O–H groups in total. The first kappa shape index (κ1) is 13.3. The highest BCUT2D eigenvalue weighted by Gasteiger charge is 2.18. The zero-order valence-electron chi connectivity index (χ0n) is 11.5. The maximum Gasteiger partial charge on any atom is 0.287 e. The molecule has 0 aliphatic rings. The molecule has 3 aromatic heterocycles. The van der Waals surface area contributed by atoms with Crippen LogP contribution in [0, 0.1) is 0 Å². The van der Waals surface area contributed by atoms with Gasteiger partial charge in [0.1, 0.15) is 5.76 Å². The van der Waals surface area contributed by atoms with Gasteiger partial charge < -0.3 is 15.5 Å². The van der Waals surface area contributed by atoms with Crippen molar-refractivity contribution in [1.82, 2.24) is 19.9 Å². The second kappa shape index (κ2) is 5.37. The molecule has 7 nitrogen and oxygen atoms in total. The fourth-order valence-corrected chi connectivity index (χ4v) is 2.10. The molecule has 0 aromatic carbocycles. The number of nitrogens with zero attached hydrogens (tertiary/aromatic N) is 3.